The molecule has 1 aliphatic carbocycles. The zero-order chi connectivity index (χ0) is 42.1. The minimum absolute atomic E-state index is 0.0921. The lowest BCUT2D eigenvalue weighted by atomic mass is 9.79. The van der Waals surface area contributed by atoms with Crippen molar-refractivity contribution in [2.75, 3.05) is 0 Å². The van der Waals surface area contributed by atoms with Crippen molar-refractivity contribution in [3.05, 3.63) is 240 Å². The highest BCUT2D eigenvalue weighted by molar-refractivity contribution is 6.28. The monoisotopic (exact) mass is 806 g/mol. The van der Waals surface area contributed by atoms with Gasteiger partial charge in [0.25, 0.3) is 0 Å². The maximum Gasteiger partial charge on any atom is 0.143 e. The molecule has 0 radical (unpaired) electrons. The van der Waals surface area contributed by atoms with Crippen LogP contribution in [0.25, 0.3) is 88.0 Å². The number of rotatable bonds is 8. The average Bonchev–Trinajstić information content (AvgIpc) is 3.85. The first-order valence-electron chi connectivity index (χ1n) is 22.3. The number of furan rings is 1. The van der Waals surface area contributed by atoms with E-state index in [9.17, 15) is 0 Å². The summed E-state index contributed by atoms with van der Waals surface area (Å²) in [6.07, 6.45) is 2.02. The predicted molar refractivity (Wildman–Crippen MR) is 266 cm³/mol. The summed E-state index contributed by atoms with van der Waals surface area (Å²) in [5.41, 5.74) is 18.7. The van der Waals surface area contributed by atoms with E-state index in [0.717, 1.165) is 35.1 Å². The normalized spacial score (nSPS) is 13.4. The van der Waals surface area contributed by atoms with Gasteiger partial charge in [0.15, 0.2) is 0 Å². The van der Waals surface area contributed by atoms with E-state index in [2.05, 4.69) is 226 Å². The Morgan fingerprint density at radius 3 is 1.73 bits per heavy atom. The van der Waals surface area contributed by atoms with Gasteiger partial charge in [0.1, 0.15) is 11.2 Å². The number of aryl methyl sites for hydroxylation is 1. The fourth-order valence-corrected chi connectivity index (χ4v) is 10.6. The van der Waals surface area contributed by atoms with Gasteiger partial charge >= 0.3 is 0 Å². The highest BCUT2D eigenvalue weighted by Gasteiger charge is 2.36. The SMILES string of the molecule is CC1(C)c2cc(-c3ccccc3)ccc2-c2ccc(C(CCc3ccc(-c4ccc(-c5cc6ccccc6c6c5oc5ccc7ccccc7c56)cc4)cc3)c3ccccc3)cc21. The Bertz CT molecular complexity index is 3500. The second-order valence-corrected chi connectivity index (χ2v) is 17.9. The van der Waals surface area contributed by atoms with Gasteiger partial charge in [-0.25, -0.2) is 0 Å². The fraction of sp³-hybridized carbons (Fsp3) is 0.0968. The summed E-state index contributed by atoms with van der Waals surface area (Å²) in [4.78, 5) is 0. The molecule has 12 rings (SSSR count). The molecule has 1 aromatic heterocycles. The van der Waals surface area contributed by atoms with Crippen LogP contribution in [0.1, 0.15) is 54.0 Å². The van der Waals surface area contributed by atoms with Crippen molar-refractivity contribution in [2.45, 2.75) is 38.0 Å². The van der Waals surface area contributed by atoms with E-state index in [4.69, 9.17) is 4.42 Å². The van der Waals surface area contributed by atoms with Gasteiger partial charge < -0.3 is 4.42 Å². The van der Waals surface area contributed by atoms with Crippen LogP contribution in [0.2, 0.25) is 0 Å². The van der Waals surface area contributed by atoms with Crippen LogP contribution < -0.4 is 0 Å². The molecular formula is C62H46O. The smallest absolute Gasteiger partial charge is 0.143 e. The Hall–Kier alpha value is -7.48. The number of hydrogen-bond acceptors (Lipinski definition) is 1. The van der Waals surface area contributed by atoms with Gasteiger partial charge in [0, 0.05) is 27.7 Å². The van der Waals surface area contributed by atoms with Gasteiger partial charge in [0.2, 0.25) is 0 Å². The molecule has 1 aliphatic rings. The Labute approximate surface area is 368 Å². The Morgan fingerprint density at radius 1 is 0.413 bits per heavy atom. The predicted octanol–water partition coefficient (Wildman–Crippen LogP) is 17.0. The van der Waals surface area contributed by atoms with Crippen molar-refractivity contribution >= 4 is 43.5 Å². The van der Waals surface area contributed by atoms with Gasteiger partial charge in [-0.3, -0.25) is 0 Å². The zero-order valence-electron chi connectivity index (χ0n) is 35.6. The van der Waals surface area contributed by atoms with E-state index in [1.165, 1.54) is 93.5 Å². The van der Waals surface area contributed by atoms with Crippen molar-refractivity contribution in [2.24, 2.45) is 0 Å². The van der Waals surface area contributed by atoms with E-state index in [0.29, 0.717) is 0 Å². The van der Waals surface area contributed by atoms with E-state index >= 15 is 0 Å². The first kappa shape index (κ1) is 37.3. The molecule has 63 heavy (non-hydrogen) atoms. The van der Waals surface area contributed by atoms with Crippen molar-refractivity contribution in [3.63, 3.8) is 0 Å². The molecule has 0 fully saturated rings. The third kappa shape index (κ3) is 6.30. The molecule has 11 aromatic rings. The molecule has 0 N–H and O–H groups in total. The Balaban J connectivity index is 0.819. The lowest BCUT2D eigenvalue weighted by Crippen LogP contribution is -2.16. The van der Waals surface area contributed by atoms with Gasteiger partial charge in [-0.05, 0) is 119 Å². The van der Waals surface area contributed by atoms with Crippen LogP contribution in [0.3, 0.4) is 0 Å². The first-order chi connectivity index (χ1) is 31.0. The lowest BCUT2D eigenvalue weighted by molar-refractivity contribution is 0.654. The maximum atomic E-state index is 6.74. The Kier molecular flexibility index (Phi) is 8.80. The number of benzene rings is 10. The molecule has 0 saturated heterocycles. The van der Waals surface area contributed by atoms with E-state index in [-0.39, 0.29) is 11.3 Å². The van der Waals surface area contributed by atoms with Crippen LogP contribution in [-0.4, -0.2) is 0 Å². The molecule has 0 aliphatic heterocycles. The summed E-state index contributed by atoms with van der Waals surface area (Å²) in [5.74, 6) is 0.287. The lowest BCUT2D eigenvalue weighted by Gasteiger charge is -2.25. The third-order valence-electron chi connectivity index (χ3n) is 14.0. The van der Waals surface area contributed by atoms with Crippen LogP contribution >= 0.6 is 0 Å². The molecule has 1 heteroatoms. The standard InChI is InChI=1S/C62H46O/c1-62(2)56-38-47(41-13-5-3-6-14-41)30-34-53(56)54-35-31-49(39-57(54)62)50(44-15-7-4-8-16-44)33-23-40-21-24-42(25-22-40)43-26-28-46(29-27-43)55-37-48-18-10-12-20-52(48)60-59-51-19-11-9-17-45(51)32-36-58(59)63-61(55)60/h3-22,24-32,34-39,50H,23,33H2,1-2H3. The minimum atomic E-state index is -0.0921. The molecule has 1 atom stereocenters. The van der Waals surface area contributed by atoms with Crippen molar-refractivity contribution < 1.29 is 4.42 Å². The number of fused-ring (bicyclic) bond motifs is 10. The number of hydrogen-bond donors (Lipinski definition) is 0. The summed E-state index contributed by atoms with van der Waals surface area (Å²) < 4.78 is 6.74. The maximum absolute atomic E-state index is 6.74. The molecule has 0 bridgehead atoms. The molecule has 10 aromatic carbocycles. The van der Waals surface area contributed by atoms with Crippen LogP contribution in [0.4, 0.5) is 0 Å². The molecule has 1 nitrogen and oxygen atoms in total. The molecule has 300 valence electrons. The van der Waals surface area contributed by atoms with Crippen LogP contribution in [0.15, 0.2) is 217 Å². The molecule has 0 saturated carbocycles. The summed E-state index contributed by atoms with van der Waals surface area (Å²) in [6, 6.07) is 78.3. The average molecular weight is 807 g/mol. The summed E-state index contributed by atoms with van der Waals surface area (Å²) in [7, 11) is 0. The highest BCUT2D eigenvalue weighted by Crippen LogP contribution is 2.51. The van der Waals surface area contributed by atoms with Crippen molar-refractivity contribution in [1.82, 2.24) is 0 Å². The quantitative estimate of drug-likeness (QED) is 0.149. The molecule has 1 heterocycles. The van der Waals surface area contributed by atoms with Crippen LogP contribution in [0, 0.1) is 0 Å². The van der Waals surface area contributed by atoms with E-state index in [1.807, 2.05) is 0 Å². The third-order valence-corrected chi connectivity index (χ3v) is 14.0. The summed E-state index contributed by atoms with van der Waals surface area (Å²) in [5, 5.41) is 7.26. The highest BCUT2D eigenvalue weighted by atomic mass is 16.3. The van der Waals surface area contributed by atoms with E-state index in [1.54, 1.807) is 0 Å². The van der Waals surface area contributed by atoms with Gasteiger partial charge in [-0.15, -0.1) is 0 Å². The summed E-state index contributed by atoms with van der Waals surface area (Å²) >= 11 is 0. The second-order valence-electron chi connectivity index (χ2n) is 17.9. The van der Waals surface area contributed by atoms with Crippen LogP contribution in [-0.2, 0) is 11.8 Å². The van der Waals surface area contributed by atoms with E-state index < -0.39 is 0 Å². The van der Waals surface area contributed by atoms with Crippen molar-refractivity contribution in [3.8, 4) is 44.5 Å². The Morgan fingerprint density at radius 2 is 0.984 bits per heavy atom. The zero-order valence-corrected chi connectivity index (χ0v) is 35.6. The fourth-order valence-electron chi connectivity index (χ4n) is 10.6. The van der Waals surface area contributed by atoms with Gasteiger partial charge in [0.05, 0.1) is 0 Å². The topological polar surface area (TPSA) is 13.1 Å². The van der Waals surface area contributed by atoms with Gasteiger partial charge in [-0.2, -0.15) is 0 Å². The largest absolute Gasteiger partial charge is 0.455 e. The molecule has 0 spiro atoms. The summed E-state index contributed by atoms with van der Waals surface area (Å²) in [6.45, 7) is 4.79. The minimum Gasteiger partial charge on any atom is -0.455 e. The molecule has 1 unspecified atom stereocenters. The van der Waals surface area contributed by atoms with Crippen molar-refractivity contribution in [1.29, 1.82) is 0 Å². The van der Waals surface area contributed by atoms with Crippen LogP contribution in [0.5, 0.6) is 0 Å². The van der Waals surface area contributed by atoms with Gasteiger partial charge in [-0.1, -0.05) is 208 Å². The molecular weight excluding hydrogens is 761 g/mol. The first-order valence-corrected chi connectivity index (χ1v) is 22.3. The second kappa shape index (κ2) is 14.9. The molecule has 0 amide bonds.